The van der Waals surface area contributed by atoms with E-state index < -0.39 is 5.72 Å². The first-order chi connectivity index (χ1) is 18.9. The maximum absolute atomic E-state index is 13.3. The van der Waals surface area contributed by atoms with Crippen molar-refractivity contribution in [1.82, 2.24) is 10.6 Å². The summed E-state index contributed by atoms with van der Waals surface area (Å²) >= 11 is 0. The van der Waals surface area contributed by atoms with Crippen LogP contribution in [0.1, 0.15) is 47.8 Å². The summed E-state index contributed by atoms with van der Waals surface area (Å²) in [6, 6.07) is 17.9. The number of amides is 3. The molecule has 39 heavy (non-hydrogen) atoms. The normalized spacial score (nSPS) is 19.3. The molecule has 0 saturated carbocycles. The van der Waals surface area contributed by atoms with Crippen molar-refractivity contribution in [2.45, 2.75) is 38.5 Å². The van der Waals surface area contributed by atoms with Gasteiger partial charge in [0.05, 0.1) is 32.6 Å². The van der Waals surface area contributed by atoms with Crippen LogP contribution < -0.4 is 34.5 Å². The molecule has 2 bridgehead atoms. The summed E-state index contributed by atoms with van der Waals surface area (Å²) in [5, 5.41) is 6.06. The molecule has 0 spiro atoms. The molecule has 5 rings (SSSR count). The van der Waals surface area contributed by atoms with Crippen molar-refractivity contribution in [2.75, 3.05) is 32.3 Å². The number of hydrogen-bond donors (Lipinski definition) is 2. The highest BCUT2D eigenvalue weighted by Crippen LogP contribution is 2.49. The first-order valence-electron chi connectivity index (χ1n) is 13.0. The molecule has 0 aromatic heterocycles. The monoisotopic (exact) mass is 531 g/mol. The number of nitrogens with one attached hydrogen (secondary N) is 2. The van der Waals surface area contributed by atoms with E-state index in [2.05, 4.69) is 10.6 Å². The summed E-state index contributed by atoms with van der Waals surface area (Å²) in [6.45, 7) is 4.74. The van der Waals surface area contributed by atoms with Crippen molar-refractivity contribution < 1.29 is 28.5 Å². The van der Waals surface area contributed by atoms with Crippen LogP contribution in [-0.4, -0.2) is 45.0 Å². The minimum Gasteiger partial charge on any atom is -0.493 e. The molecule has 1 fully saturated rings. The van der Waals surface area contributed by atoms with Gasteiger partial charge in [0.1, 0.15) is 0 Å². The van der Waals surface area contributed by atoms with Crippen molar-refractivity contribution in [2.24, 2.45) is 0 Å². The third kappa shape index (κ3) is 5.04. The van der Waals surface area contributed by atoms with Gasteiger partial charge in [0.25, 0.3) is 5.91 Å². The lowest BCUT2D eigenvalue weighted by Gasteiger charge is -2.50. The maximum Gasteiger partial charge on any atom is 0.325 e. The predicted octanol–water partition coefficient (Wildman–Crippen LogP) is 4.84. The molecule has 2 heterocycles. The average molecular weight is 532 g/mol. The van der Waals surface area contributed by atoms with Crippen molar-refractivity contribution in [3.63, 3.8) is 0 Å². The van der Waals surface area contributed by atoms with Crippen LogP contribution in [0.2, 0.25) is 0 Å². The molecule has 2 atom stereocenters. The Morgan fingerprint density at radius 3 is 2.64 bits per heavy atom. The molecule has 3 aromatic carbocycles. The summed E-state index contributed by atoms with van der Waals surface area (Å²) in [4.78, 5) is 27.9. The highest BCUT2D eigenvalue weighted by atomic mass is 16.5. The molecular formula is C30H33N3O6. The van der Waals surface area contributed by atoms with Gasteiger partial charge in [0.15, 0.2) is 28.7 Å². The van der Waals surface area contributed by atoms with Crippen LogP contribution >= 0.6 is 0 Å². The van der Waals surface area contributed by atoms with Gasteiger partial charge in [-0.2, -0.15) is 0 Å². The summed E-state index contributed by atoms with van der Waals surface area (Å²) in [5.41, 5.74) is 1.96. The zero-order valence-corrected chi connectivity index (χ0v) is 22.6. The van der Waals surface area contributed by atoms with Gasteiger partial charge in [-0.15, -0.1) is 0 Å². The fourth-order valence-electron chi connectivity index (χ4n) is 5.27. The Labute approximate surface area is 228 Å². The lowest BCUT2D eigenvalue weighted by molar-refractivity contribution is 0.0343. The van der Waals surface area contributed by atoms with Crippen LogP contribution in [0.4, 0.5) is 10.5 Å². The molecule has 1 saturated heterocycles. The topological polar surface area (TPSA) is 98.4 Å². The van der Waals surface area contributed by atoms with Crippen LogP contribution in [-0.2, 0) is 6.42 Å². The molecule has 0 aliphatic carbocycles. The van der Waals surface area contributed by atoms with Gasteiger partial charge in [0.2, 0.25) is 0 Å². The summed E-state index contributed by atoms with van der Waals surface area (Å²) in [7, 11) is 3.18. The Morgan fingerprint density at radius 2 is 1.87 bits per heavy atom. The number of urea groups is 1. The van der Waals surface area contributed by atoms with Crippen LogP contribution in [0, 0.1) is 0 Å². The number of nitrogens with zero attached hydrogens (tertiary/aromatic N) is 1. The van der Waals surface area contributed by atoms with Gasteiger partial charge in [-0.05, 0) is 62.2 Å². The Morgan fingerprint density at radius 1 is 1.08 bits per heavy atom. The standard InChI is InChI=1S/C30H33N3O6/c1-5-38-25-11-7-10-22-23-18-30(2,39-27(22)25)33(29(35)32-23)21-9-6-8-20(17-21)28(34)31-15-14-19-12-13-24(36-3)26(16-19)37-4/h6-13,16-17,23H,5,14-15,18H2,1-4H3,(H,31,34)(H,32,35)/t23?,30-/m1/s1. The highest BCUT2D eigenvalue weighted by molar-refractivity contribution is 5.99. The fraction of sp³-hybridized carbons (Fsp3) is 0.333. The van der Waals surface area contributed by atoms with E-state index in [1.54, 1.807) is 43.4 Å². The third-order valence-corrected chi connectivity index (χ3v) is 7.08. The van der Waals surface area contributed by atoms with E-state index in [4.69, 9.17) is 18.9 Å². The van der Waals surface area contributed by atoms with Gasteiger partial charge in [-0.25, -0.2) is 4.79 Å². The molecule has 9 nitrogen and oxygen atoms in total. The molecule has 3 aromatic rings. The number of para-hydroxylation sites is 1. The summed E-state index contributed by atoms with van der Waals surface area (Å²) in [6.07, 6.45) is 1.16. The Hall–Kier alpha value is -4.40. The van der Waals surface area contributed by atoms with Gasteiger partial charge in [-0.1, -0.05) is 24.3 Å². The average Bonchev–Trinajstić information content (AvgIpc) is 2.93. The number of methoxy groups -OCH3 is 2. The summed E-state index contributed by atoms with van der Waals surface area (Å²) < 4.78 is 22.9. The van der Waals surface area contributed by atoms with Gasteiger partial charge in [0, 0.05) is 24.1 Å². The van der Waals surface area contributed by atoms with Gasteiger partial charge < -0.3 is 29.6 Å². The highest BCUT2D eigenvalue weighted by Gasteiger charge is 2.50. The van der Waals surface area contributed by atoms with E-state index in [1.807, 2.05) is 50.2 Å². The zero-order chi connectivity index (χ0) is 27.6. The molecule has 2 aliphatic heterocycles. The van der Waals surface area contributed by atoms with E-state index in [0.717, 1.165) is 11.1 Å². The zero-order valence-electron chi connectivity index (χ0n) is 22.6. The molecule has 2 N–H and O–H groups in total. The second-order valence-corrected chi connectivity index (χ2v) is 9.67. The number of carbonyl (C=O) groups excluding carboxylic acids is 2. The van der Waals surface area contributed by atoms with Gasteiger partial charge in [-0.3, -0.25) is 9.69 Å². The number of benzene rings is 3. The fourth-order valence-corrected chi connectivity index (χ4v) is 5.27. The second kappa shape index (κ2) is 10.8. The van der Waals surface area contributed by atoms with Crippen LogP contribution in [0.5, 0.6) is 23.0 Å². The van der Waals surface area contributed by atoms with Crippen molar-refractivity contribution in [3.05, 3.63) is 77.4 Å². The first kappa shape index (κ1) is 26.2. The minimum atomic E-state index is -0.963. The Kier molecular flexibility index (Phi) is 7.24. The molecular weight excluding hydrogens is 498 g/mol. The largest absolute Gasteiger partial charge is 0.493 e. The molecule has 204 valence electrons. The number of hydrogen-bond acceptors (Lipinski definition) is 6. The van der Waals surface area contributed by atoms with Crippen molar-refractivity contribution in [3.8, 4) is 23.0 Å². The maximum atomic E-state index is 13.3. The lowest BCUT2D eigenvalue weighted by atomic mass is 9.89. The number of carbonyl (C=O) groups is 2. The van der Waals surface area contributed by atoms with Gasteiger partial charge >= 0.3 is 6.03 Å². The molecule has 0 radical (unpaired) electrons. The number of fused-ring (bicyclic) bond motifs is 4. The number of anilines is 1. The third-order valence-electron chi connectivity index (χ3n) is 7.08. The van der Waals surface area contributed by atoms with Crippen LogP contribution in [0.25, 0.3) is 0 Å². The van der Waals surface area contributed by atoms with E-state index >= 15 is 0 Å². The van der Waals surface area contributed by atoms with E-state index in [1.165, 1.54) is 0 Å². The van der Waals surface area contributed by atoms with E-state index in [0.29, 0.717) is 60.2 Å². The number of ether oxygens (including phenoxy) is 4. The second-order valence-electron chi connectivity index (χ2n) is 9.67. The Balaban J connectivity index is 1.32. The lowest BCUT2D eigenvalue weighted by Crippen LogP contribution is -2.65. The van der Waals surface area contributed by atoms with Crippen LogP contribution in [0.15, 0.2) is 60.7 Å². The minimum absolute atomic E-state index is 0.203. The van der Waals surface area contributed by atoms with Crippen molar-refractivity contribution >= 4 is 17.6 Å². The van der Waals surface area contributed by atoms with Crippen molar-refractivity contribution in [1.29, 1.82) is 0 Å². The SMILES string of the molecule is CCOc1cccc2c1O[C@]1(C)CC2NC(=O)N1c1cccc(C(=O)NCCc2ccc(OC)c(OC)c2)c1. The summed E-state index contributed by atoms with van der Waals surface area (Å²) in [5.74, 6) is 2.34. The predicted molar refractivity (Wildman–Crippen MR) is 147 cm³/mol. The number of rotatable bonds is 9. The first-order valence-corrected chi connectivity index (χ1v) is 13.0. The van der Waals surface area contributed by atoms with E-state index in [9.17, 15) is 9.59 Å². The quantitative estimate of drug-likeness (QED) is 0.410. The molecule has 1 unspecified atom stereocenters. The molecule has 3 amide bonds. The van der Waals surface area contributed by atoms with E-state index in [-0.39, 0.29) is 18.0 Å². The molecule has 9 heteroatoms. The smallest absolute Gasteiger partial charge is 0.325 e. The Bertz CT molecular complexity index is 1390. The molecule has 2 aliphatic rings. The van der Waals surface area contributed by atoms with Crippen LogP contribution in [0.3, 0.4) is 0 Å².